The Balaban J connectivity index is 1.03. The molecule has 0 aliphatic rings. The van der Waals surface area contributed by atoms with Crippen molar-refractivity contribution in [3.8, 4) is 33.8 Å². The minimum atomic E-state index is 1.02. The van der Waals surface area contributed by atoms with Crippen LogP contribution < -0.4 is 0 Å². The van der Waals surface area contributed by atoms with Crippen molar-refractivity contribution in [3.05, 3.63) is 188 Å². The summed E-state index contributed by atoms with van der Waals surface area (Å²) in [6, 6.07) is 68.3. The smallest absolute Gasteiger partial charge is 0.0889 e. The molecule has 12 rings (SSSR count). The number of hydrogen-bond donors (Lipinski definition) is 0. The van der Waals surface area contributed by atoms with Crippen LogP contribution in [-0.2, 0) is 0 Å². The summed E-state index contributed by atoms with van der Waals surface area (Å²) in [6.07, 6.45) is 0. The van der Waals surface area contributed by atoms with Crippen LogP contribution in [0.5, 0.6) is 0 Å². The molecule has 0 bridgehead atoms. The summed E-state index contributed by atoms with van der Waals surface area (Å²) in [7, 11) is 0. The van der Waals surface area contributed by atoms with Gasteiger partial charge in [0.05, 0.1) is 38.0 Å². The molecule has 0 saturated heterocycles. The van der Waals surface area contributed by atoms with Crippen LogP contribution in [0.2, 0.25) is 0 Å². The van der Waals surface area contributed by atoms with Gasteiger partial charge in [0.25, 0.3) is 0 Å². The second kappa shape index (κ2) is 11.7. The highest BCUT2D eigenvalue weighted by Gasteiger charge is 2.19. The Kier molecular flexibility index (Phi) is 6.50. The molecular weight excluding hydrogens is 687 g/mol. The van der Waals surface area contributed by atoms with Gasteiger partial charge in [0, 0.05) is 59.3 Å². The maximum Gasteiger partial charge on any atom is 0.0889 e. The second-order valence-electron chi connectivity index (χ2n) is 14.3. The maximum absolute atomic E-state index is 5.32. The average Bonchev–Trinajstić information content (AvgIpc) is 3.91. The number of fused-ring (bicyclic) bond motifs is 11. The standard InChI is InChI=1S/C51H31N3S/c1-2-14-35(15-3-1)53-44-22-9-5-17-37(44)41-30-32(25-27-46(41)53)33-26-28-47-42(31-33)38-18-6-10-23-45(38)54(47)36-16-12-13-34(29-36)50-51-49(39-19-4-8-21-43(39)52-50)40-20-7-11-24-48(40)55-51/h1-31H. The molecule has 0 unspecified atom stereocenters. The fraction of sp³-hybridized carbons (Fsp3) is 0. The van der Waals surface area contributed by atoms with Crippen molar-refractivity contribution in [3.63, 3.8) is 0 Å². The monoisotopic (exact) mass is 717 g/mol. The summed E-state index contributed by atoms with van der Waals surface area (Å²) in [4.78, 5) is 5.32. The molecule has 0 fully saturated rings. The zero-order valence-electron chi connectivity index (χ0n) is 29.6. The van der Waals surface area contributed by atoms with E-state index in [1.54, 1.807) is 0 Å². The van der Waals surface area contributed by atoms with Gasteiger partial charge < -0.3 is 9.13 Å². The summed E-state index contributed by atoms with van der Waals surface area (Å²) in [5.41, 5.74) is 12.7. The quantitative estimate of drug-likeness (QED) is 0.178. The van der Waals surface area contributed by atoms with E-state index in [4.69, 9.17) is 4.98 Å². The molecule has 256 valence electrons. The summed E-state index contributed by atoms with van der Waals surface area (Å²) < 4.78 is 7.30. The van der Waals surface area contributed by atoms with E-state index in [9.17, 15) is 0 Å². The van der Waals surface area contributed by atoms with Gasteiger partial charge in [0.1, 0.15) is 0 Å². The summed E-state index contributed by atoms with van der Waals surface area (Å²) in [5.74, 6) is 0. The lowest BCUT2D eigenvalue weighted by Crippen LogP contribution is -1.95. The number of thiophene rings is 1. The first-order valence-electron chi connectivity index (χ1n) is 18.7. The van der Waals surface area contributed by atoms with Crippen molar-refractivity contribution >= 4 is 86.0 Å². The van der Waals surface area contributed by atoms with Crippen LogP contribution in [-0.4, -0.2) is 14.1 Å². The van der Waals surface area contributed by atoms with E-state index in [-0.39, 0.29) is 0 Å². The Morgan fingerprint density at radius 2 is 0.909 bits per heavy atom. The first kappa shape index (κ1) is 30.5. The molecule has 4 aromatic heterocycles. The van der Waals surface area contributed by atoms with Crippen molar-refractivity contribution in [1.29, 1.82) is 0 Å². The van der Waals surface area contributed by atoms with Crippen molar-refractivity contribution in [2.45, 2.75) is 0 Å². The highest BCUT2D eigenvalue weighted by molar-refractivity contribution is 7.26. The van der Waals surface area contributed by atoms with Crippen LogP contribution in [0.4, 0.5) is 0 Å². The number of pyridine rings is 1. The highest BCUT2D eigenvalue weighted by Crippen LogP contribution is 2.44. The molecule has 55 heavy (non-hydrogen) atoms. The molecule has 0 amide bonds. The minimum absolute atomic E-state index is 1.02. The van der Waals surface area contributed by atoms with Crippen LogP contribution in [0.25, 0.3) is 108 Å². The maximum atomic E-state index is 5.32. The van der Waals surface area contributed by atoms with Gasteiger partial charge in [-0.1, -0.05) is 115 Å². The number of hydrogen-bond acceptors (Lipinski definition) is 2. The molecule has 0 aliphatic heterocycles. The zero-order chi connectivity index (χ0) is 36.0. The van der Waals surface area contributed by atoms with E-state index in [0.29, 0.717) is 0 Å². The molecule has 0 N–H and O–H groups in total. The van der Waals surface area contributed by atoms with E-state index in [2.05, 4.69) is 197 Å². The normalized spacial score (nSPS) is 12.0. The Labute approximate surface area is 320 Å². The minimum Gasteiger partial charge on any atom is -0.309 e. The van der Waals surface area contributed by atoms with Gasteiger partial charge in [-0.15, -0.1) is 11.3 Å². The van der Waals surface area contributed by atoms with Crippen molar-refractivity contribution in [1.82, 2.24) is 14.1 Å². The molecule has 4 heteroatoms. The van der Waals surface area contributed by atoms with E-state index in [1.165, 1.54) is 86.0 Å². The van der Waals surface area contributed by atoms with Crippen molar-refractivity contribution in [2.24, 2.45) is 0 Å². The van der Waals surface area contributed by atoms with Crippen LogP contribution in [0, 0.1) is 0 Å². The van der Waals surface area contributed by atoms with E-state index < -0.39 is 0 Å². The van der Waals surface area contributed by atoms with Gasteiger partial charge in [0.15, 0.2) is 0 Å². The molecule has 0 atom stereocenters. The number of aromatic nitrogens is 3. The van der Waals surface area contributed by atoms with Gasteiger partial charge in [0.2, 0.25) is 0 Å². The van der Waals surface area contributed by atoms with Crippen molar-refractivity contribution < 1.29 is 0 Å². The van der Waals surface area contributed by atoms with Gasteiger partial charge in [-0.2, -0.15) is 0 Å². The second-order valence-corrected chi connectivity index (χ2v) is 15.4. The molecule has 0 aliphatic carbocycles. The highest BCUT2D eigenvalue weighted by atomic mass is 32.1. The van der Waals surface area contributed by atoms with Crippen molar-refractivity contribution in [2.75, 3.05) is 0 Å². The lowest BCUT2D eigenvalue weighted by Gasteiger charge is -2.12. The number of benzene rings is 8. The molecular formula is C51H31N3S. The Bertz CT molecular complexity index is 3490. The van der Waals surface area contributed by atoms with Gasteiger partial charge in [-0.3, -0.25) is 0 Å². The average molecular weight is 718 g/mol. The van der Waals surface area contributed by atoms with Gasteiger partial charge >= 0.3 is 0 Å². The Morgan fingerprint density at radius 3 is 1.62 bits per heavy atom. The van der Waals surface area contributed by atoms with E-state index >= 15 is 0 Å². The SMILES string of the molecule is c1ccc(-n2c3ccccc3c3cc(-c4ccc5c(c4)c4ccccc4n5-c4cccc(-c5nc6ccccc6c6c5sc5ccccc56)c4)ccc32)cc1. The molecule has 8 aromatic carbocycles. The van der Waals surface area contributed by atoms with Crippen LogP contribution in [0.1, 0.15) is 0 Å². The fourth-order valence-electron chi connectivity index (χ4n) is 8.86. The zero-order valence-corrected chi connectivity index (χ0v) is 30.5. The van der Waals surface area contributed by atoms with Crippen LogP contribution in [0.15, 0.2) is 188 Å². The first-order chi connectivity index (χ1) is 27.3. The van der Waals surface area contributed by atoms with Crippen LogP contribution in [0.3, 0.4) is 0 Å². The van der Waals surface area contributed by atoms with Gasteiger partial charge in [-0.25, -0.2) is 4.98 Å². The number of para-hydroxylation sites is 4. The Hall–Kier alpha value is -7.01. The summed E-state index contributed by atoms with van der Waals surface area (Å²) in [6.45, 7) is 0. The molecule has 12 aromatic rings. The summed E-state index contributed by atoms with van der Waals surface area (Å²) >= 11 is 1.84. The first-order valence-corrected chi connectivity index (χ1v) is 19.5. The Morgan fingerprint density at radius 1 is 0.364 bits per heavy atom. The van der Waals surface area contributed by atoms with E-state index in [1.807, 2.05) is 11.3 Å². The lowest BCUT2D eigenvalue weighted by atomic mass is 10.0. The predicted octanol–water partition coefficient (Wildman–Crippen LogP) is 14.1. The molecule has 3 nitrogen and oxygen atoms in total. The largest absolute Gasteiger partial charge is 0.309 e. The number of rotatable bonds is 4. The third kappa shape index (κ3) is 4.52. The number of nitrogens with zero attached hydrogens (tertiary/aromatic N) is 3. The fourth-order valence-corrected chi connectivity index (χ4v) is 10.1. The van der Waals surface area contributed by atoms with Gasteiger partial charge in [-0.05, 0) is 83.9 Å². The molecule has 0 radical (unpaired) electrons. The molecule has 4 heterocycles. The molecule has 0 spiro atoms. The summed E-state index contributed by atoms with van der Waals surface area (Å²) in [5, 5.41) is 8.77. The topological polar surface area (TPSA) is 22.8 Å². The third-order valence-corrected chi connectivity index (χ3v) is 12.5. The van der Waals surface area contributed by atoms with Crippen LogP contribution >= 0.6 is 11.3 Å². The lowest BCUT2D eigenvalue weighted by molar-refractivity contribution is 1.18. The third-order valence-electron chi connectivity index (χ3n) is 11.3. The predicted molar refractivity (Wildman–Crippen MR) is 234 cm³/mol. The van der Waals surface area contributed by atoms with E-state index in [0.717, 1.165) is 22.5 Å². The molecule has 0 saturated carbocycles.